The van der Waals surface area contributed by atoms with E-state index in [1.807, 2.05) is 0 Å². The molecule has 0 saturated carbocycles. The number of rotatable bonds is 0. The lowest BCUT2D eigenvalue weighted by atomic mass is 9.99. The smallest absolute Gasteiger partial charge is 0.00326 e. The average Bonchev–Trinajstić information content (AvgIpc) is 2.30. The van der Waals surface area contributed by atoms with Crippen LogP contribution in [-0.4, -0.2) is 0 Å². The number of hydrogen-bond donors (Lipinski definition) is 0. The first-order valence-corrected chi connectivity index (χ1v) is 3.98. The molecular formula is C11H11. The molecule has 1 unspecified atom stereocenters. The van der Waals surface area contributed by atoms with E-state index in [1.165, 1.54) is 16.7 Å². The largest absolute Gasteiger partial charge is 0.0619 e. The molecule has 0 heteroatoms. The molecular weight excluding hydrogens is 132 g/mol. The molecule has 1 aromatic carbocycles. The van der Waals surface area contributed by atoms with Gasteiger partial charge in [-0.25, -0.2) is 0 Å². The second-order valence-electron chi connectivity index (χ2n) is 3.12. The first-order valence-electron chi connectivity index (χ1n) is 3.98. The van der Waals surface area contributed by atoms with Crippen LogP contribution in [-0.2, 0) is 0 Å². The number of allylic oxidation sites excluding steroid dienone is 1. The minimum atomic E-state index is 0.575. The number of fused-ring (bicyclic) bond motifs is 1. The summed E-state index contributed by atoms with van der Waals surface area (Å²) in [6.07, 6.45) is 3.36. The van der Waals surface area contributed by atoms with Crippen LogP contribution < -0.4 is 0 Å². The molecule has 0 spiro atoms. The Morgan fingerprint density at radius 1 is 1.27 bits per heavy atom. The van der Waals surface area contributed by atoms with E-state index in [-0.39, 0.29) is 0 Å². The summed E-state index contributed by atoms with van der Waals surface area (Å²) in [6, 6.07) is 8.47. The fraction of sp³-hybridized carbons (Fsp3) is 0.273. The Morgan fingerprint density at radius 2 is 2.00 bits per heavy atom. The molecule has 1 atom stereocenters. The minimum Gasteiger partial charge on any atom is -0.0619 e. The zero-order valence-corrected chi connectivity index (χ0v) is 6.89. The molecule has 2 rings (SSSR count). The van der Waals surface area contributed by atoms with Crippen LogP contribution in [0.25, 0.3) is 0 Å². The third-order valence-corrected chi connectivity index (χ3v) is 2.41. The molecule has 0 aliphatic heterocycles. The lowest BCUT2D eigenvalue weighted by molar-refractivity contribution is 0.918. The molecule has 1 radical (unpaired) electrons. The van der Waals surface area contributed by atoms with Gasteiger partial charge >= 0.3 is 0 Å². The van der Waals surface area contributed by atoms with E-state index in [0.29, 0.717) is 5.92 Å². The summed E-state index contributed by atoms with van der Waals surface area (Å²) < 4.78 is 0. The van der Waals surface area contributed by atoms with Crippen molar-refractivity contribution >= 4 is 0 Å². The van der Waals surface area contributed by atoms with Gasteiger partial charge in [-0.1, -0.05) is 36.8 Å². The van der Waals surface area contributed by atoms with Crippen LogP contribution in [0.5, 0.6) is 0 Å². The summed E-state index contributed by atoms with van der Waals surface area (Å²) in [7, 11) is 0. The lowest BCUT2D eigenvalue weighted by Crippen LogP contribution is -1.88. The SMILES string of the molecule is CC1=[C]c2ccccc2C1C. The van der Waals surface area contributed by atoms with Gasteiger partial charge in [-0.15, -0.1) is 0 Å². The Kier molecular flexibility index (Phi) is 1.35. The van der Waals surface area contributed by atoms with Crippen molar-refractivity contribution in [2.24, 2.45) is 0 Å². The van der Waals surface area contributed by atoms with Crippen molar-refractivity contribution < 1.29 is 0 Å². The van der Waals surface area contributed by atoms with E-state index in [1.54, 1.807) is 0 Å². The monoisotopic (exact) mass is 143 g/mol. The maximum absolute atomic E-state index is 3.36. The maximum atomic E-state index is 3.36. The Labute approximate surface area is 67.6 Å². The molecule has 0 bridgehead atoms. The van der Waals surface area contributed by atoms with Crippen LogP contribution in [0.2, 0.25) is 0 Å². The summed E-state index contributed by atoms with van der Waals surface area (Å²) in [4.78, 5) is 0. The second-order valence-corrected chi connectivity index (χ2v) is 3.12. The highest BCUT2D eigenvalue weighted by Crippen LogP contribution is 2.32. The van der Waals surface area contributed by atoms with E-state index in [4.69, 9.17) is 0 Å². The maximum Gasteiger partial charge on any atom is 0.00326 e. The van der Waals surface area contributed by atoms with Gasteiger partial charge in [0.05, 0.1) is 0 Å². The second kappa shape index (κ2) is 2.23. The van der Waals surface area contributed by atoms with Gasteiger partial charge in [-0.3, -0.25) is 0 Å². The molecule has 1 aliphatic rings. The highest BCUT2D eigenvalue weighted by molar-refractivity contribution is 5.45. The predicted molar refractivity (Wildman–Crippen MR) is 46.4 cm³/mol. The van der Waals surface area contributed by atoms with E-state index in [9.17, 15) is 0 Å². The average molecular weight is 143 g/mol. The molecule has 1 aliphatic carbocycles. The fourth-order valence-electron chi connectivity index (χ4n) is 1.54. The van der Waals surface area contributed by atoms with Crippen molar-refractivity contribution in [3.63, 3.8) is 0 Å². The van der Waals surface area contributed by atoms with Crippen LogP contribution in [0.1, 0.15) is 30.9 Å². The van der Waals surface area contributed by atoms with Gasteiger partial charge in [0.25, 0.3) is 0 Å². The zero-order chi connectivity index (χ0) is 7.84. The van der Waals surface area contributed by atoms with E-state index in [2.05, 4.69) is 44.2 Å². The van der Waals surface area contributed by atoms with Crippen LogP contribution >= 0.6 is 0 Å². The van der Waals surface area contributed by atoms with Crippen LogP contribution in [0, 0.1) is 6.08 Å². The Morgan fingerprint density at radius 3 is 2.73 bits per heavy atom. The van der Waals surface area contributed by atoms with Crippen molar-refractivity contribution in [3.8, 4) is 0 Å². The van der Waals surface area contributed by atoms with Gasteiger partial charge in [0.2, 0.25) is 0 Å². The summed E-state index contributed by atoms with van der Waals surface area (Å²) in [5.74, 6) is 0.575. The van der Waals surface area contributed by atoms with Gasteiger partial charge in [0.1, 0.15) is 0 Å². The summed E-state index contributed by atoms with van der Waals surface area (Å²) in [5, 5.41) is 0. The van der Waals surface area contributed by atoms with Crippen LogP contribution in [0.3, 0.4) is 0 Å². The third kappa shape index (κ3) is 0.900. The fourth-order valence-corrected chi connectivity index (χ4v) is 1.54. The highest BCUT2D eigenvalue weighted by atomic mass is 14.2. The summed E-state index contributed by atoms with van der Waals surface area (Å²) >= 11 is 0. The Hall–Kier alpha value is -1.04. The zero-order valence-electron chi connectivity index (χ0n) is 6.89. The molecule has 0 amide bonds. The predicted octanol–water partition coefficient (Wildman–Crippen LogP) is 2.90. The summed E-state index contributed by atoms with van der Waals surface area (Å²) in [5.41, 5.74) is 4.05. The van der Waals surface area contributed by atoms with Gasteiger partial charge in [-0.05, 0) is 24.1 Å². The normalized spacial score (nSPS) is 21.3. The summed E-state index contributed by atoms with van der Waals surface area (Å²) in [6.45, 7) is 4.37. The molecule has 1 aromatic rings. The standard InChI is InChI=1S/C11H11/c1-8-7-10-5-3-4-6-11(10)9(8)2/h3-6,9H,1-2H3. The van der Waals surface area contributed by atoms with Crippen LogP contribution in [0.15, 0.2) is 29.8 Å². The highest BCUT2D eigenvalue weighted by Gasteiger charge is 2.16. The van der Waals surface area contributed by atoms with Crippen molar-refractivity contribution in [2.45, 2.75) is 19.8 Å². The number of benzene rings is 1. The molecule has 55 valence electrons. The van der Waals surface area contributed by atoms with Gasteiger partial charge < -0.3 is 0 Å². The molecule has 0 heterocycles. The lowest BCUT2D eigenvalue weighted by Gasteiger charge is -2.05. The first kappa shape index (κ1) is 6.66. The molecule has 0 N–H and O–H groups in total. The van der Waals surface area contributed by atoms with E-state index >= 15 is 0 Å². The van der Waals surface area contributed by atoms with E-state index < -0.39 is 0 Å². The first-order chi connectivity index (χ1) is 5.29. The van der Waals surface area contributed by atoms with E-state index in [0.717, 1.165) is 0 Å². The number of hydrogen-bond acceptors (Lipinski definition) is 0. The Bertz CT molecular complexity index is 308. The van der Waals surface area contributed by atoms with Crippen molar-refractivity contribution in [1.82, 2.24) is 0 Å². The molecule has 11 heavy (non-hydrogen) atoms. The minimum absolute atomic E-state index is 0.575. The third-order valence-electron chi connectivity index (χ3n) is 2.41. The van der Waals surface area contributed by atoms with Crippen LogP contribution in [0.4, 0.5) is 0 Å². The quantitative estimate of drug-likeness (QED) is 0.524. The van der Waals surface area contributed by atoms with Gasteiger partial charge in [0.15, 0.2) is 0 Å². The van der Waals surface area contributed by atoms with Gasteiger partial charge in [-0.2, -0.15) is 0 Å². The Balaban J connectivity index is 2.58. The molecule has 0 fully saturated rings. The topological polar surface area (TPSA) is 0 Å². The molecule has 0 nitrogen and oxygen atoms in total. The van der Waals surface area contributed by atoms with Crippen molar-refractivity contribution in [1.29, 1.82) is 0 Å². The van der Waals surface area contributed by atoms with Crippen molar-refractivity contribution in [3.05, 3.63) is 47.0 Å². The molecule has 0 saturated heterocycles. The molecule has 0 aromatic heterocycles. The van der Waals surface area contributed by atoms with Crippen molar-refractivity contribution in [2.75, 3.05) is 0 Å². The van der Waals surface area contributed by atoms with Gasteiger partial charge in [0, 0.05) is 5.92 Å².